The summed E-state index contributed by atoms with van der Waals surface area (Å²) in [5, 5.41) is 11.5. The molecule has 22 heavy (non-hydrogen) atoms. The first-order valence-electron chi connectivity index (χ1n) is 6.24. The zero-order chi connectivity index (χ0) is 16.2. The van der Waals surface area contributed by atoms with Crippen LogP contribution >= 0.6 is 0 Å². The highest BCUT2D eigenvalue weighted by Gasteiger charge is 2.31. The van der Waals surface area contributed by atoms with Crippen LogP contribution in [0.25, 0.3) is 0 Å². The van der Waals surface area contributed by atoms with Gasteiger partial charge in [-0.05, 0) is 42.0 Å². The molecule has 0 radical (unpaired) electrons. The number of ether oxygens (including phenoxy) is 1. The van der Waals surface area contributed by atoms with E-state index in [0.717, 1.165) is 12.1 Å². The molecule has 0 aliphatic heterocycles. The van der Waals surface area contributed by atoms with Crippen molar-refractivity contribution in [2.45, 2.75) is 13.0 Å². The molecule has 0 aliphatic carbocycles. The lowest BCUT2D eigenvalue weighted by Crippen LogP contribution is -2.17. The van der Waals surface area contributed by atoms with Crippen LogP contribution < -0.4 is 10.1 Å². The third kappa shape index (κ3) is 4.49. The van der Waals surface area contributed by atoms with Crippen LogP contribution in [0.3, 0.4) is 0 Å². The first kappa shape index (κ1) is 15.8. The summed E-state index contributed by atoms with van der Waals surface area (Å²) in [6, 6.07) is 11.1. The number of alkyl halides is 3. The molecule has 4 nitrogen and oxygen atoms in total. The number of aliphatic hydroxyl groups excluding tert-OH is 1. The fraction of sp³-hybridized carbons (Fsp3) is 0.133. The number of amides is 1. The topological polar surface area (TPSA) is 58.6 Å². The molecule has 0 saturated heterocycles. The van der Waals surface area contributed by atoms with E-state index in [1.807, 2.05) is 0 Å². The molecule has 0 atom stereocenters. The highest BCUT2D eigenvalue weighted by molar-refractivity contribution is 6.04. The second-order valence-corrected chi connectivity index (χ2v) is 4.38. The number of rotatable bonds is 4. The first-order valence-corrected chi connectivity index (χ1v) is 6.24. The number of carbonyl (C=O) groups is 1. The van der Waals surface area contributed by atoms with Gasteiger partial charge in [0, 0.05) is 11.3 Å². The average Bonchev–Trinajstić information content (AvgIpc) is 2.47. The van der Waals surface area contributed by atoms with E-state index in [4.69, 9.17) is 5.11 Å². The van der Waals surface area contributed by atoms with Crippen LogP contribution in [-0.2, 0) is 6.61 Å². The van der Waals surface area contributed by atoms with Gasteiger partial charge in [-0.3, -0.25) is 4.79 Å². The maximum absolute atomic E-state index is 12.0. The Morgan fingerprint density at radius 3 is 2.14 bits per heavy atom. The number of carbonyl (C=O) groups excluding carboxylic acids is 1. The second-order valence-electron chi connectivity index (χ2n) is 4.38. The largest absolute Gasteiger partial charge is 0.573 e. The highest BCUT2D eigenvalue weighted by atomic mass is 19.4. The number of halogens is 3. The molecular formula is C15H12F3NO3. The summed E-state index contributed by atoms with van der Waals surface area (Å²) in [7, 11) is 0. The molecule has 0 spiro atoms. The molecule has 1 amide bonds. The van der Waals surface area contributed by atoms with Gasteiger partial charge in [0.25, 0.3) is 5.91 Å². The van der Waals surface area contributed by atoms with Crippen molar-refractivity contribution in [1.29, 1.82) is 0 Å². The Morgan fingerprint density at radius 1 is 1.05 bits per heavy atom. The molecule has 116 valence electrons. The molecule has 0 saturated carbocycles. The van der Waals surface area contributed by atoms with E-state index in [0.29, 0.717) is 11.3 Å². The van der Waals surface area contributed by atoms with E-state index in [2.05, 4.69) is 10.1 Å². The maximum atomic E-state index is 12.0. The zero-order valence-electron chi connectivity index (χ0n) is 11.2. The second kappa shape index (κ2) is 6.48. The molecule has 2 aromatic rings. The number of hydrogen-bond acceptors (Lipinski definition) is 3. The van der Waals surface area contributed by atoms with Crippen molar-refractivity contribution in [3.8, 4) is 5.75 Å². The fourth-order valence-corrected chi connectivity index (χ4v) is 1.70. The SMILES string of the molecule is O=C(Nc1ccc(CO)cc1)c1ccc(OC(F)(F)F)cc1. The lowest BCUT2D eigenvalue weighted by atomic mass is 10.2. The summed E-state index contributed by atoms with van der Waals surface area (Å²) < 4.78 is 39.8. The minimum absolute atomic E-state index is 0.102. The van der Waals surface area contributed by atoms with Gasteiger partial charge in [-0.1, -0.05) is 12.1 Å². The van der Waals surface area contributed by atoms with E-state index < -0.39 is 18.0 Å². The number of benzene rings is 2. The van der Waals surface area contributed by atoms with Crippen molar-refractivity contribution in [3.63, 3.8) is 0 Å². The summed E-state index contributed by atoms with van der Waals surface area (Å²) in [5.41, 5.74) is 1.41. The van der Waals surface area contributed by atoms with Gasteiger partial charge in [-0.25, -0.2) is 0 Å². The van der Waals surface area contributed by atoms with E-state index >= 15 is 0 Å². The maximum Gasteiger partial charge on any atom is 0.573 e. The normalized spacial score (nSPS) is 11.1. The monoisotopic (exact) mass is 311 g/mol. The Bertz CT molecular complexity index is 637. The molecule has 0 aliphatic rings. The Balaban J connectivity index is 2.03. The van der Waals surface area contributed by atoms with E-state index in [9.17, 15) is 18.0 Å². The van der Waals surface area contributed by atoms with Gasteiger partial charge in [0.05, 0.1) is 6.61 Å². The van der Waals surface area contributed by atoms with Crippen LogP contribution in [0.5, 0.6) is 5.75 Å². The van der Waals surface area contributed by atoms with Crippen LogP contribution in [0.15, 0.2) is 48.5 Å². The zero-order valence-corrected chi connectivity index (χ0v) is 11.2. The van der Waals surface area contributed by atoms with E-state index in [1.54, 1.807) is 24.3 Å². The third-order valence-electron chi connectivity index (χ3n) is 2.74. The molecule has 2 N–H and O–H groups in total. The summed E-state index contributed by atoms with van der Waals surface area (Å²) >= 11 is 0. The fourth-order valence-electron chi connectivity index (χ4n) is 1.70. The molecule has 0 fully saturated rings. The van der Waals surface area contributed by atoms with Crippen LogP contribution in [0.4, 0.5) is 18.9 Å². The molecule has 0 heterocycles. The molecule has 7 heteroatoms. The van der Waals surface area contributed by atoms with Crippen molar-refractivity contribution < 1.29 is 27.8 Å². The van der Waals surface area contributed by atoms with Crippen molar-refractivity contribution >= 4 is 11.6 Å². The molecule has 0 aromatic heterocycles. The third-order valence-corrected chi connectivity index (χ3v) is 2.74. The molecule has 2 aromatic carbocycles. The Kier molecular flexibility index (Phi) is 4.67. The van der Waals surface area contributed by atoms with Gasteiger partial charge < -0.3 is 15.2 Å². The van der Waals surface area contributed by atoms with Gasteiger partial charge >= 0.3 is 6.36 Å². The summed E-state index contributed by atoms with van der Waals surface area (Å²) in [5.74, 6) is -0.855. The van der Waals surface area contributed by atoms with E-state index in [-0.39, 0.29) is 12.2 Å². The van der Waals surface area contributed by atoms with Crippen molar-refractivity contribution in [1.82, 2.24) is 0 Å². The number of hydrogen-bond donors (Lipinski definition) is 2. The van der Waals surface area contributed by atoms with Crippen LogP contribution in [-0.4, -0.2) is 17.4 Å². The highest BCUT2D eigenvalue weighted by Crippen LogP contribution is 2.23. The van der Waals surface area contributed by atoms with Crippen molar-refractivity contribution in [2.75, 3.05) is 5.32 Å². The average molecular weight is 311 g/mol. The standard InChI is InChI=1S/C15H12F3NO3/c16-15(17,18)22-13-7-3-11(4-8-13)14(21)19-12-5-1-10(9-20)2-6-12/h1-8,20H,9H2,(H,19,21). The minimum Gasteiger partial charge on any atom is -0.406 e. The number of nitrogens with one attached hydrogen (secondary N) is 1. The predicted octanol–water partition coefficient (Wildman–Crippen LogP) is 3.33. The van der Waals surface area contributed by atoms with Crippen LogP contribution in [0.2, 0.25) is 0 Å². The Hall–Kier alpha value is -2.54. The van der Waals surface area contributed by atoms with Gasteiger partial charge in [0.2, 0.25) is 0 Å². The Labute approximate surface area is 124 Å². The molecule has 2 rings (SSSR count). The van der Waals surface area contributed by atoms with Crippen LogP contribution in [0.1, 0.15) is 15.9 Å². The summed E-state index contributed by atoms with van der Waals surface area (Å²) in [6.45, 7) is -0.102. The van der Waals surface area contributed by atoms with E-state index in [1.165, 1.54) is 12.1 Å². The van der Waals surface area contributed by atoms with Crippen molar-refractivity contribution in [3.05, 3.63) is 59.7 Å². The number of aliphatic hydroxyl groups is 1. The van der Waals surface area contributed by atoms with Gasteiger partial charge in [0.1, 0.15) is 5.75 Å². The summed E-state index contributed by atoms with van der Waals surface area (Å²) in [6.07, 6.45) is -4.77. The van der Waals surface area contributed by atoms with Crippen LogP contribution in [0, 0.1) is 0 Å². The first-order chi connectivity index (χ1) is 10.4. The minimum atomic E-state index is -4.77. The predicted molar refractivity (Wildman–Crippen MR) is 73.4 cm³/mol. The smallest absolute Gasteiger partial charge is 0.406 e. The molecule has 0 unspecified atom stereocenters. The van der Waals surface area contributed by atoms with Gasteiger partial charge in [-0.15, -0.1) is 13.2 Å². The lowest BCUT2D eigenvalue weighted by molar-refractivity contribution is -0.274. The molecule has 0 bridgehead atoms. The molecular weight excluding hydrogens is 299 g/mol. The summed E-state index contributed by atoms with van der Waals surface area (Å²) in [4.78, 5) is 11.9. The van der Waals surface area contributed by atoms with Crippen molar-refractivity contribution in [2.24, 2.45) is 0 Å². The number of anilines is 1. The Morgan fingerprint density at radius 2 is 1.64 bits per heavy atom. The van der Waals surface area contributed by atoms with Gasteiger partial charge in [0.15, 0.2) is 0 Å². The quantitative estimate of drug-likeness (QED) is 0.910. The lowest BCUT2D eigenvalue weighted by Gasteiger charge is -2.09. The van der Waals surface area contributed by atoms with Gasteiger partial charge in [-0.2, -0.15) is 0 Å².